The Morgan fingerprint density at radius 2 is 2.03 bits per heavy atom. The molecular weight excluding hydrogens is 496 g/mol. The SMILES string of the molecule is CCCCC#Cc1nc(Cl)c2nc(-c3cccs3)n([C@@H]3SC[C@@H](OC(C)=O)[C@H]3OC(C)=O)c2n1. The molecule has 0 bridgehead atoms. The van der Waals surface area contributed by atoms with Crippen molar-refractivity contribution >= 4 is 57.8 Å². The van der Waals surface area contributed by atoms with E-state index >= 15 is 0 Å². The summed E-state index contributed by atoms with van der Waals surface area (Å²) in [5, 5.41) is 1.70. The van der Waals surface area contributed by atoms with Gasteiger partial charge in [-0.3, -0.25) is 14.2 Å². The molecule has 3 aromatic heterocycles. The van der Waals surface area contributed by atoms with Crippen molar-refractivity contribution < 1.29 is 19.1 Å². The third-order valence-corrected chi connectivity index (χ3v) is 7.52. The van der Waals surface area contributed by atoms with Crippen LogP contribution in [0.5, 0.6) is 0 Å². The molecule has 0 amide bonds. The van der Waals surface area contributed by atoms with Crippen molar-refractivity contribution in [2.45, 2.75) is 57.6 Å². The van der Waals surface area contributed by atoms with Gasteiger partial charge in [0.25, 0.3) is 0 Å². The highest BCUT2D eigenvalue weighted by atomic mass is 35.5. The second kappa shape index (κ2) is 10.8. The van der Waals surface area contributed by atoms with E-state index < -0.39 is 29.5 Å². The van der Waals surface area contributed by atoms with Gasteiger partial charge in [-0.1, -0.05) is 36.9 Å². The average Bonchev–Trinajstić information content (AvgIpc) is 3.50. The van der Waals surface area contributed by atoms with Gasteiger partial charge in [0.1, 0.15) is 10.9 Å². The predicted octanol–water partition coefficient (Wildman–Crippen LogP) is 4.86. The van der Waals surface area contributed by atoms with Gasteiger partial charge >= 0.3 is 11.9 Å². The number of aromatic nitrogens is 4. The summed E-state index contributed by atoms with van der Waals surface area (Å²) < 4.78 is 13.0. The summed E-state index contributed by atoms with van der Waals surface area (Å²) in [6, 6.07) is 3.87. The van der Waals surface area contributed by atoms with Gasteiger partial charge in [0.2, 0.25) is 5.82 Å². The first kappa shape index (κ1) is 24.5. The molecule has 1 fully saturated rings. The van der Waals surface area contributed by atoms with Crippen LogP contribution < -0.4 is 0 Å². The molecule has 4 heterocycles. The highest BCUT2D eigenvalue weighted by Gasteiger charge is 2.44. The molecule has 0 radical (unpaired) electrons. The Bertz CT molecular complexity index is 1270. The van der Waals surface area contributed by atoms with Crippen molar-refractivity contribution in [1.29, 1.82) is 0 Å². The zero-order valence-corrected chi connectivity index (χ0v) is 21.3. The number of unbranched alkanes of at least 4 members (excludes halogenated alkanes) is 2. The minimum Gasteiger partial charge on any atom is -0.458 e. The number of thioether (sulfide) groups is 1. The lowest BCUT2D eigenvalue weighted by molar-refractivity contribution is -0.163. The Labute approximate surface area is 210 Å². The summed E-state index contributed by atoms with van der Waals surface area (Å²) in [5.41, 5.74) is 0.920. The summed E-state index contributed by atoms with van der Waals surface area (Å²) in [5.74, 6) is 6.56. The number of halogens is 1. The maximum absolute atomic E-state index is 11.9. The van der Waals surface area contributed by atoms with E-state index in [2.05, 4.69) is 28.7 Å². The van der Waals surface area contributed by atoms with Crippen LogP contribution in [0.1, 0.15) is 51.2 Å². The maximum Gasteiger partial charge on any atom is 0.303 e. The van der Waals surface area contributed by atoms with Crippen molar-refractivity contribution in [3.8, 4) is 22.5 Å². The molecule has 34 heavy (non-hydrogen) atoms. The van der Waals surface area contributed by atoms with Gasteiger partial charge in [0, 0.05) is 26.0 Å². The summed E-state index contributed by atoms with van der Waals surface area (Å²) in [7, 11) is 0. The Balaban J connectivity index is 1.87. The van der Waals surface area contributed by atoms with Crippen molar-refractivity contribution in [2.75, 3.05) is 5.75 Å². The number of imidazole rings is 1. The number of nitrogens with zero attached hydrogens (tertiary/aromatic N) is 4. The van der Waals surface area contributed by atoms with E-state index in [0.29, 0.717) is 28.6 Å². The van der Waals surface area contributed by atoms with Crippen molar-refractivity contribution in [3.05, 3.63) is 28.5 Å². The lowest BCUT2D eigenvalue weighted by Crippen LogP contribution is -2.36. The fourth-order valence-electron chi connectivity index (χ4n) is 3.65. The molecule has 0 unspecified atom stereocenters. The second-order valence-electron chi connectivity index (χ2n) is 7.64. The molecule has 0 aromatic carbocycles. The van der Waals surface area contributed by atoms with Gasteiger partial charge in [0.05, 0.1) is 4.88 Å². The smallest absolute Gasteiger partial charge is 0.303 e. The summed E-state index contributed by atoms with van der Waals surface area (Å²) in [6.45, 7) is 4.77. The lowest BCUT2D eigenvalue weighted by atomic mass is 10.2. The van der Waals surface area contributed by atoms with Gasteiger partial charge in [-0.2, -0.15) is 0 Å². The van der Waals surface area contributed by atoms with Crippen LogP contribution in [0.3, 0.4) is 0 Å². The van der Waals surface area contributed by atoms with Crippen LogP contribution in [-0.2, 0) is 19.1 Å². The number of fused-ring (bicyclic) bond motifs is 1. The summed E-state index contributed by atoms with van der Waals surface area (Å²) >= 11 is 9.53. The summed E-state index contributed by atoms with van der Waals surface area (Å²) in [6.07, 6.45) is 1.45. The van der Waals surface area contributed by atoms with Crippen molar-refractivity contribution in [3.63, 3.8) is 0 Å². The van der Waals surface area contributed by atoms with Gasteiger partial charge in [0.15, 0.2) is 28.8 Å². The molecule has 1 aliphatic heterocycles. The number of carbonyl (C=O) groups is 2. The van der Waals surface area contributed by atoms with Gasteiger partial charge in [-0.25, -0.2) is 15.0 Å². The monoisotopic (exact) mass is 518 g/mol. The van der Waals surface area contributed by atoms with Gasteiger partial charge < -0.3 is 9.47 Å². The zero-order valence-electron chi connectivity index (χ0n) is 18.9. The maximum atomic E-state index is 11.9. The van der Waals surface area contributed by atoms with E-state index in [0.717, 1.165) is 24.1 Å². The molecular formula is C23H23ClN4O4S2. The Morgan fingerprint density at radius 3 is 2.71 bits per heavy atom. The molecule has 8 nitrogen and oxygen atoms in total. The van der Waals surface area contributed by atoms with E-state index in [4.69, 9.17) is 26.1 Å². The number of ether oxygens (including phenoxy) is 2. The third-order valence-electron chi connectivity index (χ3n) is 5.05. The lowest BCUT2D eigenvalue weighted by Gasteiger charge is -2.25. The van der Waals surface area contributed by atoms with E-state index in [1.165, 1.54) is 36.9 Å². The predicted molar refractivity (Wildman–Crippen MR) is 133 cm³/mol. The van der Waals surface area contributed by atoms with Crippen LogP contribution in [0.25, 0.3) is 21.9 Å². The van der Waals surface area contributed by atoms with Crippen molar-refractivity contribution in [1.82, 2.24) is 19.5 Å². The molecule has 3 atom stereocenters. The largest absolute Gasteiger partial charge is 0.458 e. The Morgan fingerprint density at radius 1 is 1.24 bits per heavy atom. The standard InChI is InChI=1S/C23H23ClN4O4S2/c1-4-5-6-7-10-17-25-20(24)18-22(26-17)28(21(27-18)16-9-8-11-33-16)23-19(32-14(3)30)15(12-34-23)31-13(2)29/h8-9,11,15,19,23H,4-6,12H2,1-3H3/t15-,19-,23-/m1/s1. The normalized spacial score (nSPS) is 19.6. The molecule has 1 aliphatic rings. The highest BCUT2D eigenvalue weighted by molar-refractivity contribution is 7.99. The number of carbonyl (C=O) groups excluding carboxylic acids is 2. The number of hydrogen-bond donors (Lipinski definition) is 0. The van der Waals surface area contributed by atoms with Crippen LogP contribution in [0.4, 0.5) is 0 Å². The van der Waals surface area contributed by atoms with Crippen LogP contribution in [-0.4, -0.2) is 49.4 Å². The first-order valence-electron chi connectivity index (χ1n) is 10.8. The number of rotatable bonds is 6. The molecule has 4 rings (SSSR count). The first-order chi connectivity index (χ1) is 16.4. The third kappa shape index (κ3) is 5.22. The minimum absolute atomic E-state index is 0.199. The molecule has 3 aromatic rings. The number of thiophene rings is 1. The van der Waals surface area contributed by atoms with E-state index in [1.807, 2.05) is 22.1 Å². The average molecular weight is 519 g/mol. The topological polar surface area (TPSA) is 96.2 Å². The van der Waals surface area contributed by atoms with Crippen LogP contribution in [0.15, 0.2) is 17.5 Å². The Kier molecular flexibility index (Phi) is 7.76. The second-order valence-corrected chi connectivity index (χ2v) is 10.1. The quantitative estimate of drug-likeness (QED) is 0.197. The van der Waals surface area contributed by atoms with E-state index in [-0.39, 0.29) is 5.15 Å². The van der Waals surface area contributed by atoms with Crippen LogP contribution in [0, 0.1) is 11.8 Å². The molecule has 0 N–H and O–H groups in total. The fourth-order valence-corrected chi connectivity index (χ4v) is 5.98. The first-order valence-corrected chi connectivity index (χ1v) is 13.1. The fraction of sp³-hybridized carbons (Fsp3) is 0.435. The number of hydrogen-bond acceptors (Lipinski definition) is 9. The molecule has 1 saturated heterocycles. The van der Waals surface area contributed by atoms with Gasteiger partial charge in [-0.05, 0) is 23.8 Å². The highest BCUT2D eigenvalue weighted by Crippen LogP contribution is 2.44. The Hall–Kier alpha value is -2.61. The van der Waals surface area contributed by atoms with Gasteiger partial charge in [-0.15, -0.1) is 23.1 Å². The summed E-state index contributed by atoms with van der Waals surface area (Å²) in [4.78, 5) is 38.3. The number of esters is 2. The van der Waals surface area contributed by atoms with Crippen LogP contribution >= 0.6 is 34.7 Å². The molecule has 0 aliphatic carbocycles. The minimum atomic E-state index is -0.727. The molecule has 0 saturated carbocycles. The van der Waals surface area contributed by atoms with E-state index in [1.54, 1.807) is 0 Å². The molecule has 0 spiro atoms. The zero-order chi connectivity index (χ0) is 24.2. The van der Waals surface area contributed by atoms with Crippen LogP contribution in [0.2, 0.25) is 5.15 Å². The van der Waals surface area contributed by atoms with E-state index in [9.17, 15) is 9.59 Å². The van der Waals surface area contributed by atoms with Crippen molar-refractivity contribution in [2.24, 2.45) is 0 Å². The molecule has 11 heteroatoms. The molecule has 178 valence electrons.